The normalized spacial score (nSPS) is 12.4. The van der Waals surface area contributed by atoms with Gasteiger partial charge in [-0.05, 0) is 34.2 Å². The van der Waals surface area contributed by atoms with Crippen LogP contribution in [0.3, 0.4) is 0 Å². The highest BCUT2D eigenvalue weighted by Gasteiger charge is 2.28. The number of hydrogen-bond donors (Lipinski definition) is 2. The van der Waals surface area contributed by atoms with Gasteiger partial charge in [0.1, 0.15) is 6.61 Å². The molecule has 0 fully saturated rings. The number of benzene rings is 3. The summed E-state index contributed by atoms with van der Waals surface area (Å²) in [6, 6.07) is 23.8. The minimum atomic E-state index is -0.412. The second kappa shape index (κ2) is 10.1. The lowest BCUT2D eigenvalue weighted by Gasteiger charge is -2.14. The topological polar surface area (TPSA) is 81.4 Å². The van der Waals surface area contributed by atoms with Crippen molar-refractivity contribution in [3.05, 3.63) is 101 Å². The number of fused-ring (bicyclic) bond motifs is 3. The van der Waals surface area contributed by atoms with Crippen LogP contribution in [-0.4, -0.2) is 31.6 Å². The zero-order valence-corrected chi connectivity index (χ0v) is 17.8. The molecule has 0 bridgehead atoms. The second-order valence-electron chi connectivity index (χ2n) is 7.69. The van der Waals surface area contributed by atoms with Crippen molar-refractivity contribution in [2.45, 2.75) is 12.3 Å². The summed E-state index contributed by atoms with van der Waals surface area (Å²) >= 11 is 0. The number of ketones is 1. The Hall–Kier alpha value is -3.70. The zero-order valence-electron chi connectivity index (χ0n) is 17.8. The van der Waals surface area contributed by atoms with Crippen molar-refractivity contribution in [2.24, 2.45) is 5.73 Å². The predicted octanol–water partition coefficient (Wildman–Crippen LogP) is 4.77. The molecule has 3 aromatic carbocycles. The van der Waals surface area contributed by atoms with Crippen molar-refractivity contribution in [1.29, 1.82) is 0 Å². The van der Waals surface area contributed by atoms with E-state index in [4.69, 9.17) is 10.5 Å². The standard InChI is InChI=1S/C27H26N2O3/c28-17-26(30)20-14-12-19(13-15-20)7-5-6-16-29-27(31)32-18-25-23-10-3-1-8-21(23)22-9-2-4-11-24(22)25/h1-5,7-15,25H,6,16-18,28H2,(H,29,31). The van der Waals surface area contributed by atoms with E-state index in [0.29, 0.717) is 25.1 Å². The molecule has 32 heavy (non-hydrogen) atoms. The smallest absolute Gasteiger partial charge is 0.407 e. The third-order valence-electron chi connectivity index (χ3n) is 5.65. The molecule has 1 aliphatic carbocycles. The van der Waals surface area contributed by atoms with Gasteiger partial charge in [0.05, 0.1) is 6.54 Å². The number of carbonyl (C=O) groups excluding carboxylic acids is 2. The molecule has 0 heterocycles. The molecule has 1 aliphatic rings. The molecule has 0 saturated heterocycles. The molecule has 0 unspecified atom stereocenters. The van der Waals surface area contributed by atoms with Crippen molar-refractivity contribution in [1.82, 2.24) is 5.32 Å². The van der Waals surface area contributed by atoms with Crippen LogP contribution in [0.2, 0.25) is 0 Å². The van der Waals surface area contributed by atoms with Gasteiger partial charge in [-0.2, -0.15) is 0 Å². The summed E-state index contributed by atoms with van der Waals surface area (Å²) in [6.45, 7) is 0.803. The molecule has 3 N–H and O–H groups in total. The lowest BCUT2D eigenvalue weighted by molar-refractivity contribution is 0.100. The molecule has 0 radical (unpaired) electrons. The number of alkyl carbamates (subject to hydrolysis) is 1. The lowest BCUT2D eigenvalue weighted by Crippen LogP contribution is -2.26. The Balaban J connectivity index is 1.24. The average molecular weight is 427 g/mol. The Bertz CT molecular complexity index is 1090. The molecule has 0 saturated carbocycles. The molecule has 3 aromatic rings. The fourth-order valence-corrected chi connectivity index (χ4v) is 4.02. The monoisotopic (exact) mass is 426 g/mol. The Kier molecular flexibility index (Phi) is 6.78. The fraction of sp³-hybridized carbons (Fsp3) is 0.185. The number of hydrogen-bond acceptors (Lipinski definition) is 4. The second-order valence-corrected chi connectivity index (χ2v) is 7.69. The maximum atomic E-state index is 12.2. The molecule has 4 rings (SSSR count). The van der Waals surface area contributed by atoms with Gasteiger partial charge in [0.25, 0.3) is 0 Å². The SMILES string of the molecule is NCC(=O)c1ccc(C=CCCNC(=O)OCC2c3ccccc3-c3ccccc32)cc1. The molecule has 0 aromatic heterocycles. The van der Waals surface area contributed by atoms with E-state index in [1.807, 2.05) is 48.6 Å². The molecular formula is C27H26N2O3. The van der Waals surface area contributed by atoms with Crippen molar-refractivity contribution >= 4 is 18.0 Å². The maximum Gasteiger partial charge on any atom is 0.407 e. The number of nitrogens with one attached hydrogen (secondary N) is 1. The highest BCUT2D eigenvalue weighted by molar-refractivity contribution is 5.97. The average Bonchev–Trinajstić information content (AvgIpc) is 3.16. The van der Waals surface area contributed by atoms with Crippen LogP contribution in [0.4, 0.5) is 4.79 Å². The van der Waals surface area contributed by atoms with Crippen LogP contribution in [0.5, 0.6) is 0 Å². The van der Waals surface area contributed by atoms with Gasteiger partial charge in [-0.25, -0.2) is 4.79 Å². The summed E-state index contributed by atoms with van der Waals surface area (Å²) < 4.78 is 5.53. The van der Waals surface area contributed by atoms with Gasteiger partial charge >= 0.3 is 6.09 Å². The van der Waals surface area contributed by atoms with Crippen LogP contribution >= 0.6 is 0 Å². The van der Waals surface area contributed by atoms with Crippen molar-refractivity contribution in [3.63, 3.8) is 0 Å². The number of nitrogens with two attached hydrogens (primary N) is 1. The number of Topliss-reactive ketones (excluding diaryl/α,β-unsaturated/α-hetero) is 1. The molecular weight excluding hydrogens is 400 g/mol. The van der Waals surface area contributed by atoms with Crippen molar-refractivity contribution in [2.75, 3.05) is 19.7 Å². The fourth-order valence-electron chi connectivity index (χ4n) is 4.02. The number of ether oxygens (including phenoxy) is 1. The third kappa shape index (κ3) is 4.79. The Morgan fingerprint density at radius 2 is 1.53 bits per heavy atom. The Morgan fingerprint density at radius 3 is 2.16 bits per heavy atom. The first-order valence-corrected chi connectivity index (χ1v) is 10.8. The summed E-state index contributed by atoms with van der Waals surface area (Å²) in [5.41, 5.74) is 11.8. The van der Waals surface area contributed by atoms with Crippen LogP contribution in [0.25, 0.3) is 17.2 Å². The number of carbonyl (C=O) groups is 2. The summed E-state index contributed by atoms with van der Waals surface area (Å²) in [5, 5.41) is 2.80. The van der Waals surface area contributed by atoms with E-state index in [1.165, 1.54) is 22.3 Å². The summed E-state index contributed by atoms with van der Waals surface area (Å²) in [7, 11) is 0. The molecule has 162 valence electrons. The summed E-state index contributed by atoms with van der Waals surface area (Å²) in [6.07, 6.45) is 4.19. The first-order chi connectivity index (χ1) is 15.7. The largest absolute Gasteiger partial charge is 0.449 e. The van der Waals surface area contributed by atoms with Crippen LogP contribution in [0, 0.1) is 0 Å². The zero-order chi connectivity index (χ0) is 22.3. The maximum absolute atomic E-state index is 12.2. The van der Waals surface area contributed by atoms with Gasteiger partial charge in [0, 0.05) is 18.0 Å². The summed E-state index contributed by atoms with van der Waals surface area (Å²) in [5.74, 6) is -0.0185. The highest BCUT2D eigenvalue weighted by atomic mass is 16.5. The molecule has 1 amide bonds. The number of rotatable bonds is 8. The van der Waals surface area contributed by atoms with E-state index in [-0.39, 0.29) is 18.2 Å². The first kappa shape index (κ1) is 21.5. The molecule has 5 heteroatoms. The lowest BCUT2D eigenvalue weighted by atomic mass is 9.98. The van der Waals surface area contributed by atoms with E-state index in [2.05, 4.69) is 29.6 Å². The van der Waals surface area contributed by atoms with Crippen molar-refractivity contribution < 1.29 is 14.3 Å². The van der Waals surface area contributed by atoms with E-state index < -0.39 is 6.09 Å². The molecule has 0 atom stereocenters. The Labute approximate surface area is 187 Å². The molecule has 5 nitrogen and oxygen atoms in total. The van der Waals surface area contributed by atoms with Crippen molar-refractivity contribution in [3.8, 4) is 11.1 Å². The third-order valence-corrected chi connectivity index (χ3v) is 5.65. The minimum Gasteiger partial charge on any atom is -0.449 e. The predicted molar refractivity (Wildman–Crippen MR) is 127 cm³/mol. The molecule has 0 spiro atoms. The van der Waals surface area contributed by atoms with Gasteiger partial charge < -0.3 is 15.8 Å². The van der Waals surface area contributed by atoms with Gasteiger partial charge in [0.15, 0.2) is 5.78 Å². The van der Waals surface area contributed by atoms with Crippen LogP contribution < -0.4 is 11.1 Å². The quantitative estimate of drug-likeness (QED) is 0.402. The van der Waals surface area contributed by atoms with Crippen LogP contribution in [0.15, 0.2) is 78.9 Å². The van der Waals surface area contributed by atoms with E-state index in [1.54, 1.807) is 12.1 Å². The van der Waals surface area contributed by atoms with Gasteiger partial charge in [0.2, 0.25) is 0 Å². The van der Waals surface area contributed by atoms with E-state index >= 15 is 0 Å². The van der Waals surface area contributed by atoms with E-state index in [0.717, 1.165) is 5.56 Å². The van der Waals surface area contributed by atoms with Gasteiger partial charge in [-0.15, -0.1) is 0 Å². The first-order valence-electron chi connectivity index (χ1n) is 10.8. The highest BCUT2D eigenvalue weighted by Crippen LogP contribution is 2.44. The number of amides is 1. The Morgan fingerprint density at radius 1 is 0.906 bits per heavy atom. The van der Waals surface area contributed by atoms with Gasteiger partial charge in [-0.3, -0.25) is 4.79 Å². The summed E-state index contributed by atoms with van der Waals surface area (Å²) in [4.78, 5) is 23.7. The minimum absolute atomic E-state index is 0.0106. The van der Waals surface area contributed by atoms with Crippen LogP contribution in [0.1, 0.15) is 39.4 Å². The molecule has 0 aliphatic heterocycles. The van der Waals surface area contributed by atoms with Crippen LogP contribution in [-0.2, 0) is 4.74 Å². The van der Waals surface area contributed by atoms with Gasteiger partial charge in [-0.1, -0.05) is 84.9 Å². The van der Waals surface area contributed by atoms with E-state index in [9.17, 15) is 9.59 Å².